The maximum Gasteiger partial charge on any atom is 0.0707 e. The molecule has 0 spiro atoms. The van der Waals surface area contributed by atoms with Crippen LogP contribution in [-0.4, -0.2) is 60.8 Å². The van der Waals surface area contributed by atoms with Crippen molar-refractivity contribution in [1.29, 1.82) is 0 Å². The van der Waals surface area contributed by atoms with E-state index in [1.54, 1.807) is 0 Å². The number of hydrogen-bond donors (Lipinski definition) is 1. The van der Waals surface area contributed by atoms with Gasteiger partial charge in [-0.05, 0) is 44.4 Å². The quantitative estimate of drug-likeness (QED) is 0.822. The molecule has 0 amide bonds. The minimum absolute atomic E-state index is 0.483. The second kappa shape index (κ2) is 6.60. The van der Waals surface area contributed by atoms with E-state index in [1.165, 1.54) is 63.2 Å². The summed E-state index contributed by atoms with van der Waals surface area (Å²) in [7, 11) is 0. The fraction of sp³-hybridized carbons (Fsp3) is 1.00. The van der Waals surface area contributed by atoms with Crippen LogP contribution in [0.1, 0.15) is 32.1 Å². The number of ether oxygens (including phenoxy) is 1. The minimum Gasteiger partial charge on any atom is -0.372 e. The summed E-state index contributed by atoms with van der Waals surface area (Å²) >= 11 is 2.10. The Morgan fingerprint density at radius 1 is 1.06 bits per heavy atom. The van der Waals surface area contributed by atoms with E-state index in [4.69, 9.17) is 4.74 Å². The standard InChI is InChI=1S/C14H26N2OS/c1-6-16(7-9-18-8-1)11-14-5-4-13(17-14)10-15-12-2-3-12/h12-15H,1-11H2. The summed E-state index contributed by atoms with van der Waals surface area (Å²) in [5.74, 6) is 2.65. The molecule has 0 bridgehead atoms. The van der Waals surface area contributed by atoms with Gasteiger partial charge in [0.1, 0.15) is 0 Å². The average molecular weight is 270 g/mol. The Labute approximate surface area is 115 Å². The lowest BCUT2D eigenvalue weighted by molar-refractivity contribution is 0.0246. The Morgan fingerprint density at radius 2 is 1.94 bits per heavy atom. The van der Waals surface area contributed by atoms with Crippen LogP contribution in [0, 0.1) is 0 Å². The Morgan fingerprint density at radius 3 is 2.83 bits per heavy atom. The highest BCUT2D eigenvalue weighted by Crippen LogP contribution is 2.23. The predicted octanol–water partition coefficient (Wildman–Crippen LogP) is 1.72. The van der Waals surface area contributed by atoms with E-state index in [-0.39, 0.29) is 0 Å². The summed E-state index contributed by atoms with van der Waals surface area (Å²) in [5.41, 5.74) is 0. The van der Waals surface area contributed by atoms with Crippen LogP contribution in [-0.2, 0) is 4.74 Å². The molecule has 0 aromatic carbocycles. The van der Waals surface area contributed by atoms with Crippen molar-refractivity contribution < 1.29 is 4.74 Å². The van der Waals surface area contributed by atoms with Crippen LogP contribution in [0.3, 0.4) is 0 Å². The Kier molecular flexibility index (Phi) is 4.85. The van der Waals surface area contributed by atoms with Crippen molar-refractivity contribution in [3.8, 4) is 0 Å². The molecule has 3 rings (SSSR count). The highest BCUT2D eigenvalue weighted by atomic mass is 32.2. The van der Waals surface area contributed by atoms with Crippen LogP contribution in [0.4, 0.5) is 0 Å². The first-order valence-corrected chi connectivity index (χ1v) is 8.74. The number of thioether (sulfide) groups is 1. The highest BCUT2D eigenvalue weighted by molar-refractivity contribution is 7.99. The molecule has 3 aliphatic rings. The maximum absolute atomic E-state index is 6.17. The van der Waals surface area contributed by atoms with Crippen molar-refractivity contribution in [2.45, 2.75) is 50.4 Å². The maximum atomic E-state index is 6.17. The van der Waals surface area contributed by atoms with E-state index in [2.05, 4.69) is 22.0 Å². The van der Waals surface area contributed by atoms with E-state index < -0.39 is 0 Å². The van der Waals surface area contributed by atoms with E-state index in [0.29, 0.717) is 12.2 Å². The van der Waals surface area contributed by atoms with Crippen molar-refractivity contribution in [3.05, 3.63) is 0 Å². The lowest BCUT2D eigenvalue weighted by Crippen LogP contribution is -2.35. The van der Waals surface area contributed by atoms with Gasteiger partial charge >= 0.3 is 0 Å². The minimum atomic E-state index is 0.483. The molecule has 0 radical (unpaired) electrons. The first-order chi connectivity index (χ1) is 8.90. The zero-order valence-electron chi connectivity index (χ0n) is 11.3. The Hall–Kier alpha value is 0.230. The van der Waals surface area contributed by atoms with Crippen molar-refractivity contribution in [1.82, 2.24) is 10.2 Å². The van der Waals surface area contributed by atoms with E-state index >= 15 is 0 Å². The van der Waals surface area contributed by atoms with Gasteiger partial charge in [-0.15, -0.1) is 0 Å². The molecule has 4 heteroatoms. The first kappa shape index (κ1) is 13.2. The summed E-state index contributed by atoms with van der Waals surface area (Å²) < 4.78 is 6.17. The number of rotatable bonds is 5. The largest absolute Gasteiger partial charge is 0.372 e. The Balaban J connectivity index is 1.35. The zero-order valence-corrected chi connectivity index (χ0v) is 12.1. The molecule has 2 saturated heterocycles. The van der Waals surface area contributed by atoms with Crippen LogP contribution < -0.4 is 5.32 Å². The molecular weight excluding hydrogens is 244 g/mol. The summed E-state index contributed by atoms with van der Waals surface area (Å²) in [6.07, 6.45) is 7.61. The second-order valence-electron chi connectivity index (χ2n) is 5.91. The van der Waals surface area contributed by atoms with Gasteiger partial charge in [-0.2, -0.15) is 11.8 Å². The Bertz CT molecular complexity index is 252. The van der Waals surface area contributed by atoms with E-state index in [1.807, 2.05) is 0 Å². The van der Waals surface area contributed by atoms with Crippen molar-refractivity contribution in [3.63, 3.8) is 0 Å². The third kappa shape index (κ3) is 4.12. The van der Waals surface area contributed by atoms with Gasteiger partial charge in [-0.25, -0.2) is 0 Å². The topological polar surface area (TPSA) is 24.5 Å². The van der Waals surface area contributed by atoms with Gasteiger partial charge in [0, 0.05) is 31.4 Å². The molecule has 1 aliphatic carbocycles. The van der Waals surface area contributed by atoms with E-state index in [0.717, 1.165) is 12.6 Å². The SMILES string of the molecule is C1CSCCN(CC2CCC(CNC3CC3)O2)C1. The fourth-order valence-electron chi connectivity index (χ4n) is 2.92. The third-order valence-corrected chi connectivity index (χ3v) is 5.23. The van der Waals surface area contributed by atoms with Gasteiger partial charge in [0.2, 0.25) is 0 Å². The van der Waals surface area contributed by atoms with Crippen LogP contribution in [0.5, 0.6) is 0 Å². The number of nitrogens with one attached hydrogen (secondary N) is 1. The number of nitrogens with zero attached hydrogens (tertiary/aromatic N) is 1. The molecule has 1 N–H and O–H groups in total. The lowest BCUT2D eigenvalue weighted by atomic mass is 10.2. The van der Waals surface area contributed by atoms with Crippen molar-refractivity contribution in [2.24, 2.45) is 0 Å². The highest BCUT2D eigenvalue weighted by Gasteiger charge is 2.29. The van der Waals surface area contributed by atoms with Crippen LogP contribution in [0.25, 0.3) is 0 Å². The van der Waals surface area contributed by atoms with Crippen LogP contribution in [0.2, 0.25) is 0 Å². The van der Waals surface area contributed by atoms with Crippen molar-refractivity contribution >= 4 is 11.8 Å². The smallest absolute Gasteiger partial charge is 0.0707 e. The second-order valence-corrected chi connectivity index (χ2v) is 7.13. The molecule has 0 aromatic rings. The van der Waals surface area contributed by atoms with Crippen LogP contribution in [0.15, 0.2) is 0 Å². The summed E-state index contributed by atoms with van der Waals surface area (Å²) in [6, 6.07) is 0.815. The number of hydrogen-bond acceptors (Lipinski definition) is 4. The van der Waals surface area contributed by atoms with Gasteiger partial charge in [-0.1, -0.05) is 0 Å². The molecule has 2 heterocycles. The fourth-order valence-corrected chi connectivity index (χ4v) is 3.84. The third-order valence-electron chi connectivity index (χ3n) is 4.18. The summed E-state index contributed by atoms with van der Waals surface area (Å²) in [5, 5.41) is 3.59. The molecular formula is C14H26N2OS. The molecule has 104 valence electrons. The molecule has 0 aromatic heterocycles. The van der Waals surface area contributed by atoms with Crippen molar-refractivity contribution in [2.75, 3.05) is 37.7 Å². The summed E-state index contributed by atoms with van der Waals surface area (Å²) in [6.45, 7) is 4.78. The zero-order chi connectivity index (χ0) is 12.2. The van der Waals surface area contributed by atoms with Gasteiger partial charge in [0.15, 0.2) is 0 Å². The van der Waals surface area contributed by atoms with E-state index in [9.17, 15) is 0 Å². The molecule has 3 fully saturated rings. The van der Waals surface area contributed by atoms with Gasteiger partial charge < -0.3 is 10.1 Å². The van der Waals surface area contributed by atoms with Gasteiger partial charge in [-0.3, -0.25) is 4.90 Å². The average Bonchev–Trinajstić information content (AvgIpc) is 3.14. The van der Waals surface area contributed by atoms with Crippen LogP contribution >= 0.6 is 11.8 Å². The molecule has 2 atom stereocenters. The molecule has 3 nitrogen and oxygen atoms in total. The predicted molar refractivity (Wildman–Crippen MR) is 77.3 cm³/mol. The first-order valence-electron chi connectivity index (χ1n) is 7.59. The molecule has 2 unspecified atom stereocenters. The van der Waals surface area contributed by atoms with Gasteiger partial charge in [0.05, 0.1) is 12.2 Å². The summed E-state index contributed by atoms with van der Waals surface area (Å²) in [4.78, 5) is 2.61. The monoisotopic (exact) mass is 270 g/mol. The lowest BCUT2D eigenvalue weighted by Gasteiger charge is -2.23. The van der Waals surface area contributed by atoms with Gasteiger partial charge in [0.25, 0.3) is 0 Å². The molecule has 18 heavy (non-hydrogen) atoms. The normalized spacial score (nSPS) is 34.7. The molecule has 1 saturated carbocycles. The molecule has 2 aliphatic heterocycles.